The maximum Gasteiger partial charge on any atom is 0.339 e. The standard InChI is InChI=1S/C13H14N2O2/c1-17-13(16)11-6-2-3-7-12(11)15-9-10-5-4-8-14-10/h2-8,14-15H,9H2,1H3. The highest BCUT2D eigenvalue weighted by atomic mass is 16.5. The molecule has 0 unspecified atom stereocenters. The number of rotatable bonds is 4. The summed E-state index contributed by atoms with van der Waals surface area (Å²) >= 11 is 0. The molecule has 2 aromatic rings. The molecule has 0 fully saturated rings. The van der Waals surface area contributed by atoms with Gasteiger partial charge >= 0.3 is 5.97 Å². The molecule has 1 heterocycles. The number of anilines is 1. The number of aromatic amines is 1. The van der Waals surface area contributed by atoms with Gasteiger partial charge in [0.05, 0.1) is 19.2 Å². The average Bonchev–Trinajstić information content (AvgIpc) is 2.89. The minimum atomic E-state index is -0.334. The molecule has 1 aromatic heterocycles. The Bertz CT molecular complexity index is 492. The maximum absolute atomic E-state index is 11.5. The van der Waals surface area contributed by atoms with E-state index in [0.717, 1.165) is 11.4 Å². The summed E-state index contributed by atoms with van der Waals surface area (Å²) in [5.74, 6) is -0.334. The van der Waals surface area contributed by atoms with Crippen molar-refractivity contribution >= 4 is 11.7 Å². The SMILES string of the molecule is COC(=O)c1ccccc1NCc1ccc[nH]1. The number of para-hydroxylation sites is 1. The van der Waals surface area contributed by atoms with E-state index in [2.05, 4.69) is 10.3 Å². The fraction of sp³-hybridized carbons (Fsp3) is 0.154. The van der Waals surface area contributed by atoms with Crippen LogP contribution in [0.5, 0.6) is 0 Å². The quantitative estimate of drug-likeness (QED) is 0.793. The molecule has 2 N–H and O–H groups in total. The molecule has 0 radical (unpaired) electrons. The van der Waals surface area contributed by atoms with Crippen molar-refractivity contribution in [3.63, 3.8) is 0 Å². The minimum Gasteiger partial charge on any atom is -0.465 e. The van der Waals surface area contributed by atoms with Crippen LogP contribution >= 0.6 is 0 Å². The summed E-state index contributed by atoms with van der Waals surface area (Å²) in [4.78, 5) is 14.6. The van der Waals surface area contributed by atoms with Crippen LogP contribution in [0.25, 0.3) is 0 Å². The van der Waals surface area contributed by atoms with E-state index in [9.17, 15) is 4.79 Å². The highest BCUT2D eigenvalue weighted by molar-refractivity contribution is 5.95. The molecule has 0 aliphatic carbocycles. The van der Waals surface area contributed by atoms with Gasteiger partial charge in [-0.3, -0.25) is 0 Å². The van der Waals surface area contributed by atoms with Gasteiger partial charge in [0.15, 0.2) is 0 Å². The van der Waals surface area contributed by atoms with Gasteiger partial charge in [0.1, 0.15) is 0 Å². The van der Waals surface area contributed by atoms with Crippen molar-refractivity contribution < 1.29 is 9.53 Å². The first-order chi connectivity index (χ1) is 8.31. The van der Waals surface area contributed by atoms with Gasteiger partial charge in [0.25, 0.3) is 0 Å². The maximum atomic E-state index is 11.5. The molecule has 0 spiro atoms. The number of carbonyl (C=O) groups excluding carboxylic acids is 1. The largest absolute Gasteiger partial charge is 0.465 e. The van der Waals surface area contributed by atoms with Crippen molar-refractivity contribution in [3.05, 3.63) is 53.9 Å². The summed E-state index contributed by atoms with van der Waals surface area (Å²) in [5, 5.41) is 3.20. The first-order valence-electron chi connectivity index (χ1n) is 5.34. The van der Waals surface area contributed by atoms with Gasteiger partial charge < -0.3 is 15.0 Å². The van der Waals surface area contributed by atoms with Crippen LogP contribution in [0.1, 0.15) is 16.1 Å². The highest BCUT2D eigenvalue weighted by Crippen LogP contribution is 2.16. The van der Waals surface area contributed by atoms with Crippen LogP contribution in [0, 0.1) is 0 Å². The zero-order chi connectivity index (χ0) is 12.1. The Morgan fingerprint density at radius 1 is 1.29 bits per heavy atom. The van der Waals surface area contributed by atoms with Gasteiger partial charge in [-0.05, 0) is 24.3 Å². The molecule has 0 amide bonds. The Kier molecular flexibility index (Phi) is 3.45. The number of esters is 1. The van der Waals surface area contributed by atoms with Crippen LogP contribution in [-0.4, -0.2) is 18.1 Å². The summed E-state index contributed by atoms with van der Waals surface area (Å²) < 4.78 is 4.73. The van der Waals surface area contributed by atoms with Crippen molar-refractivity contribution in [2.75, 3.05) is 12.4 Å². The Morgan fingerprint density at radius 2 is 2.12 bits per heavy atom. The Balaban J connectivity index is 2.12. The van der Waals surface area contributed by atoms with Crippen molar-refractivity contribution in [2.45, 2.75) is 6.54 Å². The Labute approximate surface area is 99.6 Å². The van der Waals surface area contributed by atoms with E-state index >= 15 is 0 Å². The van der Waals surface area contributed by atoms with Gasteiger partial charge in [0, 0.05) is 17.6 Å². The molecular weight excluding hydrogens is 216 g/mol. The van der Waals surface area contributed by atoms with Crippen LogP contribution in [-0.2, 0) is 11.3 Å². The van der Waals surface area contributed by atoms with Gasteiger partial charge in [-0.15, -0.1) is 0 Å². The number of aromatic nitrogens is 1. The molecule has 1 aromatic carbocycles. The molecule has 4 heteroatoms. The van der Waals surface area contributed by atoms with Crippen molar-refractivity contribution in [2.24, 2.45) is 0 Å². The number of hydrogen-bond acceptors (Lipinski definition) is 3. The van der Waals surface area contributed by atoms with Gasteiger partial charge in [0.2, 0.25) is 0 Å². The molecule has 0 saturated carbocycles. The van der Waals surface area contributed by atoms with Gasteiger partial charge in [-0.2, -0.15) is 0 Å². The molecule has 0 aliphatic heterocycles. The predicted molar refractivity (Wildman–Crippen MR) is 65.9 cm³/mol. The number of carbonyl (C=O) groups is 1. The lowest BCUT2D eigenvalue weighted by Gasteiger charge is -2.09. The summed E-state index contributed by atoms with van der Waals surface area (Å²) in [6.45, 7) is 0.640. The predicted octanol–water partition coefficient (Wildman–Crippen LogP) is 2.41. The van der Waals surface area contributed by atoms with Crippen molar-refractivity contribution in [1.29, 1.82) is 0 Å². The number of hydrogen-bond donors (Lipinski definition) is 2. The molecule has 4 nitrogen and oxygen atoms in total. The first-order valence-corrected chi connectivity index (χ1v) is 5.34. The highest BCUT2D eigenvalue weighted by Gasteiger charge is 2.10. The monoisotopic (exact) mass is 230 g/mol. The summed E-state index contributed by atoms with van der Waals surface area (Å²) in [5.41, 5.74) is 2.38. The third-order valence-corrected chi connectivity index (χ3v) is 2.46. The normalized spacial score (nSPS) is 9.94. The van der Waals surface area contributed by atoms with Crippen LogP contribution in [0.4, 0.5) is 5.69 Å². The van der Waals surface area contributed by atoms with Crippen LogP contribution in [0.3, 0.4) is 0 Å². The van der Waals surface area contributed by atoms with Gasteiger partial charge in [-0.25, -0.2) is 4.79 Å². The van der Waals surface area contributed by atoms with Gasteiger partial charge in [-0.1, -0.05) is 12.1 Å². The van der Waals surface area contributed by atoms with E-state index in [0.29, 0.717) is 12.1 Å². The second-order valence-corrected chi connectivity index (χ2v) is 3.59. The zero-order valence-corrected chi connectivity index (χ0v) is 9.57. The summed E-state index contributed by atoms with van der Waals surface area (Å²) in [7, 11) is 1.38. The number of nitrogens with one attached hydrogen (secondary N) is 2. The van der Waals surface area contributed by atoms with Crippen LogP contribution in [0.2, 0.25) is 0 Å². The van der Waals surface area contributed by atoms with Crippen LogP contribution in [0.15, 0.2) is 42.6 Å². The van der Waals surface area contributed by atoms with E-state index in [-0.39, 0.29) is 5.97 Å². The van der Waals surface area contributed by atoms with Crippen molar-refractivity contribution in [1.82, 2.24) is 4.98 Å². The lowest BCUT2D eigenvalue weighted by Crippen LogP contribution is -2.08. The molecule has 2 rings (SSSR count). The molecule has 0 aliphatic rings. The molecule has 0 bridgehead atoms. The number of methoxy groups -OCH3 is 1. The van der Waals surface area contributed by atoms with Crippen LogP contribution < -0.4 is 5.32 Å². The van der Waals surface area contributed by atoms with E-state index in [1.54, 1.807) is 6.07 Å². The Hall–Kier alpha value is -2.23. The topological polar surface area (TPSA) is 54.1 Å². The molecule has 0 saturated heterocycles. The molecular formula is C13H14N2O2. The second-order valence-electron chi connectivity index (χ2n) is 3.59. The summed E-state index contributed by atoms with van der Waals surface area (Å²) in [6, 6.07) is 11.2. The number of benzene rings is 1. The van der Waals surface area contributed by atoms with Crippen molar-refractivity contribution in [3.8, 4) is 0 Å². The minimum absolute atomic E-state index is 0.334. The fourth-order valence-electron chi connectivity index (χ4n) is 1.59. The average molecular weight is 230 g/mol. The lowest BCUT2D eigenvalue weighted by molar-refractivity contribution is 0.0602. The number of H-pyrrole nitrogens is 1. The fourth-order valence-corrected chi connectivity index (χ4v) is 1.59. The molecule has 0 atom stereocenters. The van der Waals surface area contributed by atoms with E-state index in [4.69, 9.17) is 4.74 Å². The third-order valence-electron chi connectivity index (χ3n) is 2.46. The van der Waals surface area contributed by atoms with E-state index < -0.39 is 0 Å². The molecule has 17 heavy (non-hydrogen) atoms. The number of ether oxygens (including phenoxy) is 1. The zero-order valence-electron chi connectivity index (χ0n) is 9.57. The van der Waals surface area contributed by atoms with E-state index in [1.807, 2.05) is 36.5 Å². The third kappa shape index (κ3) is 2.66. The molecule has 88 valence electrons. The lowest BCUT2D eigenvalue weighted by atomic mass is 10.2. The van der Waals surface area contributed by atoms with E-state index in [1.165, 1.54) is 7.11 Å². The first kappa shape index (κ1) is 11.3. The second kappa shape index (κ2) is 5.21. The summed E-state index contributed by atoms with van der Waals surface area (Å²) in [6.07, 6.45) is 1.86. The smallest absolute Gasteiger partial charge is 0.339 e. The Morgan fingerprint density at radius 3 is 2.82 bits per heavy atom.